The van der Waals surface area contributed by atoms with Gasteiger partial charge in [0.2, 0.25) is 0 Å². The maximum atomic E-state index is 6.55. The molecular formula is C17H19ClN2S. The minimum atomic E-state index is 0.0872. The zero-order valence-corrected chi connectivity index (χ0v) is 13.9. The fourth-order valence-electron chi connectivity index (χ4n) is 2.63. The van der Waals surface area contributed by atoms with E-state index in [0.717, 1.165) is 13.1 Å². The van der Waals surface area contributed by atoms with Gasteiger partial charge in [0.25, 0.3) is 0 Å². The minimum Gasteiger partial charge on any atom is -0.338 e. The summed E-state index contributed by atoms with van der Waals surface area (Å²) in [5.74, 6) is 0. The fourth-order valence-corrected chi connectivity index (χ4v) is 4.14. The predicted octanol–water partition coefficient (Wildman–Crippen LogP) is 4.46. The van der Waals surface area contributed by atoms with Gasteiger partial charge in [-0.2, -0.15) is 0 Å². The highest BCUT2D eigenvalue weighted by atomic mass is 35.5. The Morgan fingerprint density at radius 3 is 2.05 bits per heavy atom. The van der Waals surface area contributed by atoms with Gasteiger partial charge in [0.05, 0.1) is 16.8 Å². The molecule has 110 valence electrons. The second kappa shape index (κ2) is 6.30. The van der Waals surface area contributed by atoms with Crippen molar-refractivity contribution in [2.75, 3.05) is 32.1 Å². The average Bonchev–Trinajstić information content (AvgIpc) is 2.46. The molecule has 0 bridgehead atoms. The van der Waals surface area contributed by atoms with Crippen LogP contribution in [0.2, 0.25) is 0 Å². The number of rotatable bonds is 4. The van der Waals surface area contributed by atoms with Crippen LogP contribution in [0.4, 0.5) is 11.4 Å². The van der Waals surface area contributed by atoms with Crippen LogP contribution >= 0.6 is 23.4 Å². The predicted molar refractivity (Wildman–Crippen MR) is 92.2 cm³/mol. The maximum absolute atomic E-state index is 6.55. The van der Waals surface area contributed by atoms with Crippen molar-refractivity contribution in [3.8, 4) is 0 Å². The van der Waals surface area contributed by atoms with Crippen LogP contribution in [0.1, 0.15) is 0 Å². The van der Waals surface area contributed by atoms with Gasteiger partial charge >= 0.3 is 0 Å². The zero-order valence-electron chi connectivity index (χ0n) is 12.3. The average molecular weight is 319 g/mol. The van der Waals surface area contributed by atoms with E-state index >= 15 is 0 Å². The molecule has 1 aliphatic rings. The van der Waals surface area contributed by atoms with E-state index in [2.05, 4.69) is 72.4 Å². The molecular weight excluding hydrogens is 300 g/mol. The molecule has 1 heterocycles. The number of nitrogens with zero attached hydrogens (tertiary/aromatic N) is 2. The molecule has 3 rings (SSSR count). The van der Waals surface area contributed by atoms with Crippen LogP contribution in [-0.2, 0) is 0 Å². The quantitative estimate of drug-likeness (QED) is 0.769. The van der Waals surface area contributed by atoms with Gasteiger partial charge < -0.3 is 9.80 Å². The van der Waals surface area contributed by atoms with Crippen molar-refractivity contribution in [2.45, 2.75) is 15.2 Å². The molecule has 0 aliphatic carbocycles. The standard InChI is InChI=1S/C17H19ClN2S/c1-19(2)11-13(18)12-20-14-7-3-5-9-16(14)21-17-10-6-4-8-15(17)20/h3-10,13H,11-12H2,1-2H3. The number of alkyl halides is 1. The number of halogens is 1. The summed E-state index contributed by atoms with van der Waals surface area (Å²) in [5, 5.41) is 0.0872. The Balaban J connectivity index is 1.95. The van der Waals surface area contributed by atoms with Gasteiger partial charge in [0, 0.05) is 22.9 Å². The Morgan fingerprint density at radius 1 is 1.00 bits per heavy atom. The second-order valence-corrected chi connectivity index (χ2v) is 7.21. The monoisotopic (exact) mass is 318 g/mol. The van der Waals surface area contributed by atoms with Crippen molar-refractivity contribution in [3.63, 3.8) is 0 Å². The number of anilines is 2. The Bertz CT molecular complexity index is 584. The SMILES string of the molecule is CN(C)CC(Cl)CN1c2ccccc2Sc2ccccc21. The third kappa shape index (κ3) is 3.20. The first-order chi connectivity index (χ1) is 10.1. The van der Waals surface area contributed by atoms with Crippen molar-refractivity contribution in [1.82, 2.24) is 4.90 Å². The minimum absolute atomic E-state index is 0.0872. The van der Waals surface area contributed by atoms with Gasteiger partial charge in [-0.15, -0.1) is 11.6 Å². The van der Waals surface area contributed by atoms with E-state index in [1.54, 1.807) is 0 Å². The lowest BCUT2D eigenvalue weighted by Crippen LogP contribution is -2.33. The van der Waals surface area contributed by atoms with Crippen molar-refractivity contribution < 1.29 is 0 Å². The molecule has 1 aliphatic heterocycles. The summed E-state index contributed by atoms with van der Waals surface area (Å²) in [6.07, 6.45) is 0. The second-order valence-electron chi connectivity index (χ2n) is 5.51. The molecule has 0 fully saturated rings. The molecule has 2 aromatic carbocycles. The van der Waals surface area contributed by atoms with E-state index in [4.69, 9.17) is 11.6 Å². The third-order valence-electron chi connectivity index (χ3n) is 3.48. The smallest absolute Gasteiger partial charge is 0.0642 e. The van der Waals surface area contributed by atoms with Gasteiger partial charge in [-0.1, -0.05) is 36.0 Å². The first kappa shape index (κ1) is 14.8. The van der Waals surface area contributed by atoms with E-state index in [9.17, 15) is 0 Å². The summed E-state index contributed by atoms with van der Waals surface area (Å²) in [6, 6.07) is 17.1. The van der Waals surface area contributed by atoms with E-state index in [1.165, 1.54) is 21.2 Å². The number of hydrogen-bond acceptors (Lipinski definition) is 3. The van der Waals surface area contributed by atoms with Gasteiger partial charge in [0.15, 0.2) is 0 Å². The summed E-state index contributed by atoms with van der Waals surface area (Å²) in [7, 11) is 4.12. The van der Waals surface area contributed by atoms with Crippen molar-refractivity contribution in [3.05, 3.63) is 48.5 Å². The lowest BCUT2D eigenvalue weighted by molar-refractivity contribution is 0.405. The summed E-state index contributed by atoms with van der Waals surface area (Å²) in [6.45, 7) is 1.68. The topological polar surface area (TPSA) is 6.48 Å². The van der Waals surface area contributed by atoms with Crippen molar-refractivity contribution >= 4 is 34.7 Å². The van der Waals surface area contributed by atoms with Crippen LogP contribution in [0, 0.1) is 0 Å². The number of fused-ring (bicyclic) bond motifs is 2. The number of benzene rings is 2. The van der Waals surface area contributed by atoms with Crippen LogP contribution in [0.5, 0.6) is 0 Å². The lowest BCUT2D eigenvalue weighted by Gasteiger charge is -2.34. The normalized spacial score (nSPS) is 14.8. The van der Waals surface area contributed by atoms with Gasteiger partial charge in [0.1, 0.15) is 0 Å². The summed E-state index contributed by atoms with van der Waals surface area (Å²) >= 11 is 8.38. The first-order valence-corrected chi connectivity index (χ1v) is 8.32. The largest absolute Gasteiger partial charge is 0.338 e. The highest BCUT2D eigenvalue weighted by Gasteiger charge is 2.24. The van der Waals surface area contributed by atoms with Crippen LogP contribution in [0.15, 0.2) is 58.3 Å². The molecule has 2 aromatic rings. The molecule has 1 atom stereocenters. The van der Waals surface area contributed by atoms with Crippen LogP contribution in [0.25, 0.3) is 0 Å². The first-order valence-electron chi connectivity index (χ1n) is 7.07. The fraction of sp³-hybridized carbons (Fsp3) is 0.294. The van der Waals surface area contributed by atoms with Gasteiger partial charge in [-0.05, 0) is 38.4 Å². The molecule has 0 N–H and O–H groups in total. The van der Waals surface area contributed by atoms with Gasteiger partial charge in [-0.3, -0.25) is 0 Å². The lowest BCUT2D eigenvalue weighted by atomic mass is 10.2. The molecule has 0 saturated heterocycles. The molecule has 4 heteroatoms. The van der Waals surface area contributed by atoms with Crippen molar-refractivity contribution in [1.29, 1.82) is 0 Å². The van der Waals surface area contributed by atoms with Crippen LogP contribution < -0.4 is 4.90 Å². The number of para-hydroxylation sites is 2. The molecule has 0 amide bonds. The summed E-state index contributed by atoms with van der Waals surface area (Å²) in [5.41, 5.74) is 2.51. The highest BCUT2D eigenvalue weighted by molar-refractivity contribution is 7.99. The van der Waals surface area contributed by atoms with E-state index in [0.29, 0.717) is 0 Å². The van der Waals surface area contributed by atoms with E-state index < -0.39 is 0 Å². The summed E-state index contributed by atoms with van der Waals surface area (Å²) in [4.78, 5) is 7.08. The Hall–Kier alpha value is -1.16. The summed E-state index contributed by atoms with van der Waals surface area (Å²) < 4.78 is 0. The van der Waals surface area contributed by atoms with E-state index in [1.807, 2.05) is 11.8 Å². The third-order valence-corrected chi connectivity index (χ3v) is 4.88. The van der Waals surface area contributed by atoms with Crippen molar-refractivity contribution in [2.24, 2.45) is 0 Å². The zero-order chi connectivity index (χ0) is 14.8. The molecule has 0 spiro atoms. The van der Waals surface area contributed by atoms with Gasteiger partial charge in [-0.25, -0.2) is 0 Å². The molecule has 0 saturated carbocycles. The Kier molecular flexibility index (Phi) is 4.43. The van der Waals surface area contributed by atoms with Crippen LogP contribution in [0.3, 0.4) is 0 Å². The molecule has 0 aromatic heterocycles. The Morgan fingerprint density at radius 2 is 1.52 bits per heavy atom. The Labute approximate surface area is 135 Å². The molecule has 0 radical (unpaired) electrons. The van der Waals surface area contributed by atoms with E-state index in [-0.39, 0.29) is 5.38 Å². The number of hydrogen-bond donors (Lipinski definition) is 0. The molecule has 2 nitrogen and oxygen atoms in total. The van der Waals surface area contributed by atoms with Crippen LogP contribution in [-0.4, -0.2) is 37.5 Å². The maximum Gasteiger partial charge on any atom is 0.0642 e. The highest BCUT2D eigenvalue weighted by Crippen LogP contribution is 2.47. The molecule has 21 heavy (non-hydrogen) atoms. The molecule has 1 unspecified atom stereocenters.